The molecule has 0 aliphatic carbocycles. The van der Waals surface area contributed by atoms with Gasteiger partial charge in [0.2, 0.25) is 0 Å². The van der Waals surface area contributed by atoms with E-state index in [0.717, 1.165) is 12.1 Å². The molecular weight excluding hydrogens is 259 g/mol. The van der Waals surface area contributed by atoms with Crippen LogP contribution in [0.2, 0.25) is 0 Å². The molecule has 0 radical (unpaired) electrons. The number of alkyl halides is 3. The minimum atomic E-state index is -4.38. The summed E-state index contributed by atoms with van der Waals surface area (Å²) in [5.41, 5.74) is -1.34. The molecule has 0 aliphatic rings. The number of halogens is 3. The van der Waals surface area contributed by atoms with Crippen molar-refractivity contribution in [2.75, 3.05) is 14.1 Å². The zero-order valence-corrected chi connectivity index (χ0v) is 11.0. The van der Waals surface area contributed by atoms with E-state index >= 15 is 0 Å². The highest BCUT2D eigenvalue weighted by molar-refractivity contribution is 5.78. The first-order valence-electron chi connectivity index (χ1n) is 5.64. The number of hydrogen-bond donors (Lipinski definition) is 1. The maximum absolute atomic E-state index is 12.4. The van der Waals surface area contributed by atoms with E-state index in [1.165, 1.54) is 24.0 Å². The third kappa shape index (κ3) is 3.47. The molecule has 1 aromatic rings. The third-order valence-electron chi connectivity index (χ3n) is 3.28. The van der Waals surface area contributed by atoms with Gasteiger partial charge in [0.1, 0.15) is 5.54 Å². The van der Waals surface area contributed by atoms with Crippen molar-refractivity contribution in [3.63, 3.8) is 0 Å². The van der Waals surface area contributed by atoms with Gasteiger partial charge in [0, 0.05) is 6.42 Å². The van der Waals surface area contributed by atoms with Crippen LogP contribution in [-0.4, -0.2) is 35.6 Å². The Morgan fingerprint density at radius 1 is 1.21 bits per heavy atom. The van der Waals surface area contributed by atoms with Crippen LogP contribution in [0.3, 0.4) is 0 Å². The van der Waals surface area contributed by atoms with Crippen molar-refractivity contribution in [2.24, 2.45) is 0 Å². The van der Waals surface area contributed by atoms with E-state index < -0.39 is 23.2 Å². The number of rotatable bonds is 4. The van der Waals surface area contributed by atoms with Gasteiger partial charge in [-0.2, -0.15) is 13.2 Å². The lowest BCUT2D eigenvalue weighted by molar-refractivity contribution is -0.148. The molecule has 6 heteroatoms. The summed E-state index contributed by atoms with van der Waals surface area (Å²) in [5, 5.41) is 9.23. The quantitative estimate of drug-likeness (QED) is 0.918. The van der Waals surface area contributed by atoms with E-state index in [1.54, 1.807) is 14.1 Å². The third-order valence-corrected chi connectivity index (χ3v) is 3.28. The van der Waals surface area contributed by atoms with Crippen LogP contribution in [-0.2, 0) is 17.4 Å². The second kappa shape index (κ2) is 5.21. The molecule has 1 aromatic carbocycles. The summed E-state index contributed by atoms with van der Waals surface area (Å²) < 4.78 is 37.2. The van der Waals surface area contributed by atoms with Crippen molar-refractivity contribution < 1.29 is 23.1 Å². The van der Waals surface area contributed by atoms with Gasteiger partial charge in [-0.3, -0.25) is 9.69 Å². The topological polar surface area (TPSA) is 40.5 Å². The van der Waals surface area contributed by atoms with E-state index in [2.05, 4.69) is 0 Å². The molecule has 1 unspecified atom stereocenters. The summed E-state index contributed by atoms with van der Waals surface area (Å²) in [6.07, 6.45) is -4.25. The Bertz CT molecular complexity index is 454. The number of nitrogens with zero attached hydrogens (tertiary/aromatic N) is 1. The van der Waals surface area contributed by atoms with Crippen molar-refractivity contribution in [3.8, 4) is 0 Å². The lowest BCUT2D eigenvalue weighted by atomic mass is 9.91. The first-order valence-corrected chi connectivity index (χ1v) is 5.64. The molecule has 0 saturated heterocycles. The highest BCUT2D eigenvalue weighted by atomic mass is 19.4. The van der Waals surface area contributed by atoms with E-state index in [1.807, 2.05) is 0 Å². The van der Waals surface area contributed by atoms with Gasteiger partial charge < -0.3 is 5.11 Å². The molecule has 0 amide bonds. The van der Waals surface area contributed by atoms with Gasteiger partial charge in [-0.1, -0.05) is 12.1 Å². The first-order chi connectivity index (χ1) is 8.57. The summed E-state index contributed by atoms with van der Waals surface area (Å²) in [4.78, 5) is 12.8. The lowest BCUT2D eigenvalue weighted by Gasteiger charge is -2.32. The average molecular weight is 275 g/mol. The zero-order valence-electron chi connectivity index (χ0n) is 11.0. The monoisotopic (exact) mass is 275 g/mol. The molecule has 1 N–H and O–H groups in total. The number of hydrogen-bond acceptors (Lipinski definition) is 2. The Labute approximate surface area is 109 Å². The van der Waals surface area contributed by atoms with E-state index in [0.29, 0.717) is 5.56 Å². The maximum atomic E-state index is 12.4. The Morgan fingerprint density at radius 3 is 2.00 bits per heavy atom. The Hall–Kier alpha value is -1.56. The molecule has 3 nitrogen and oxygen atoms in total. The van der Waals surface area contributed by atoms with Crippen LogP contribution in [0.25, 0.3) is 0 Å². The standard InChI is InChI=1S/C13H16F3NO2/c1-12(11(18)19,17(2)3)8-9-4-6-10(7-5-9)13(14,15)16/h4-7H,8H2,1-3H3,(H,18,19). The Kier molecular flexibility index (Phi) is 4.25. The molecule has 0 bridgehead atoms. The molecule has 0 spiro atoms. The van der Waals surface area contributed by atoms with Crippen LogP contribution < -0.4 is 0 Å². The van der Waals surface area contributed by atoms with Gasteiger partial charge in [0.25, 0.3) is 0 Å². The SMILES string of the molecule is CN(C)C(C)(Cc1ccc(C(F)(F)F)cc1)C(=O)O. The fraction of sp³-hybridized carbons (Fsp3) is 0.462. The number of benzene rings is 1. The minimum Gasteiger partial charge on any atom is -0.480 e. The van der Waals surface area contributed by atoms with Crippen molar-refractivity contribution >= 4 is 5.97 Å². The molecule has 106 valence electrons. The molecule has 19 heavy (non-hydrogen) atoms. The Morgan fingerprint density at radius 2 is 1.68 bits per heavy atom. The summed E-state index contributed by atoms with van der Waals surface area (Å²) in [6.45, 7) is 1.53. The molecular formula is C13H16F3NO2. The summed E-state index contributed by atoms with van der Waals surface area (Å²) in [7, 11) is 3.25. The molecule has 0 saturated carbocycles. The maximum Gasteiger partial charge on any atom is 0.416 e. The summed E-state index contributed by atoms with van der Waals surface area (Å²) >= 11 is 0. The van der Waals surface area contributed by atoms with Crippen molar-refractivity contribution in [1.29, 1.82) is 0 Å². The molecule has 0 aromatic heterocycles. The van der Waals surface area contributed by atoms with Crippen LogP contribution in [0.4, 0.5) is 13.2 Å². The number of carbonyl (C=O) groups is 1. The van der Waals surface area contributed by atoms with E-state index in [-0.39, 0.29) is 6.42 Å². The number of likely N-dealkylation sites (N-methyl/N-ethyl adjacent to an activating group) is 1. The molecule has 0 fully saturated rings. The molecule has 1 atom stereocenters. The fourth-order valence-corrected chi connectivity index (χ4v) is 1.63. The summed E-state index contributed by atoms with van der Waals surface area (Å²) in [5.74, 6) is -1.02. The molecule has 1 rings (SSSR count). The van der Waals surface area contributed by atoms with Crippen LogP contribution >= 0.6 is 0 Å². The number of carboxylic acids is 1. The minimum absolute atomic E-state index is 0.132. The molecule has 0 heterocycles. The van der Waals surface area contributed by atoms with Gasteiger partial charge in [-0.05, 0) is 38.7 Å². The number of carboxylic acid groups (broad SMARTS) is 1. The van der Waals surface area contributed by atoms with E-state index in [4.69, 9.17) is 0 Å². The highest BCUT2D eigenvalue weighted by Gasteiger charge is 2.36. The molecule has 0 aliphatic heterocycles. The number of aliphatic carboxylic acids is 1. The van der Waals surface area contributed by atoms with Gasteiger partial charge in [-0.25, -0.2) is 0 Å². The predicted molar refractivity (Wildman–Crippen MR) is 64.9 cm³/mol. The lowest BCUT2D eigenvalue weighted by Crippen LogP contribution is -2.50. The average Bonchev–Trinajstić information content (AvgIpc) is 2.27. The predicted octanol–water partition coefficient (Wildman–Crippen LogP) is 2.65. The van der Waals surface area contributed by atoms with Crippen molar-refractivity contribution in [3.05, 3.63) is 35.4 Å². The van der Waals surface area contributed by atoms with Crippen molar-refractivity contribution in [1.82, 2.24) is 4.90 Å². The van der Waals surface area contributed by atoms with Gasteiger partial charge >= 0.3 is 12.1 Å². The highest BCUT2D eigenvalue weighted by Crippen LogP contribution is 2.29. The Balaban J connectivity index is 2.97. The van der Waals surface area contributed by atoms with Crippen LogP contribution in [0.1, 0.15) is 18.1 Å². The smallest absolute Gasteiger partial charge is 0.416 e. The first kappa shape index (κ1) is 15.5. The van der Waals surface area contributed by atoms with Gasteiger partial charge in [0.05, 0.1) is 5.56 Å². The summed E-state index contributed by atoms with van der Waals surface area (Å²) in [6, 6.07) is 4.56. The van der Waals surface area contributed by atoms with Crippen molar-refractivity contribution in [2.45, 2.75) is 25.1 Å². The second-order valence-corrected chi connectivity index (χ2v) is 4.84. The van der Waals surface area contributed by atoms with E-state index in [9.17, 15) is 23.1 Å². The largest absolute Gasteiger partial charge is 0.480 e. The zero-order chi connectivity index (χ0) is 14.8. The van der Waals surface area contributed by atoms with Crippen LogP contribution in [0.5, 0.6) is 0 Å². The van der Waals surface area contributed by atoms with Gasteiger partial charge in [0.15, 0.2) is 0 Å². The normalized spacial score (nSPS) is 15.3. The van der Waals surface area contributed by atoms with Crippen LogP contribution in [0, 0.1) is 0 Å². The fourth-order valence-electron chi connectivity index (χ4n) is 1.63. The van der Waals surface area contributed by atoms with Crippen LogP contribution in [0.15, 0.2) is 24.3 Å². The second-order valence-electron chi connectivity index (χ2n) is 4.84. The van der Waals surface area contributed by atoms with Gasteiger partial charge in [-0.15, -0.1) is 0 Å².